The number of hydrogen-bond acceptors (Lipinski definition) is 3. The molecule has 0 bridgehead atoms. The van der Waals surface area contributed by atoms with Gasteiger partial charge < -0.3 is 9.64 Å². The molecule has 1 saturated heterocycles. The summed E-state index contributed by atoms with van der Waals surface area (Å²) in [5.74, 6) is 0.116. The lowest BCUT2D eigenvalue weighted by Gasteiger charge is -2.33. The fraction of sp³-hybridized carbons (Fsp3) is 0.545. The summed E-state index contributed by atoms with van der Waals surface area (Å²) in [5.41, 5.74) is 2.10. The van der Waals surface area contributed by atoms with Crippen molar-refractivity contribution >= 4 is 11.9 Å². The van der Waals surface area contributed by atoms with E-state index in [9.17, 15) is 9.59 Å². The number of likely N-dealkylation sites (tertiary alicyclic amines) is 1. The van der Waals surface area contributed by atoms with E-state index in [1.165, 1.54) is 11.1 Å². The lowest BCUT2D eigenvalue weighted by molar-refractivity contribution is -0.125. The molecule has 0 radical (unpaired) electrons. The Balaban J connectivity index is 1.97. The van der Waals surface area contributed by atoms with E-state index in [-0.39, 0.29) is 17.8 Å². The molecule has 0 aromatic heterocycles. The van der Waals surface area contributed by atoms with Crippen molar-refractivity contribution in [3.63, 3.8) is 0 Å². The first-order valence-corrected chi connectivity index (χ1v) is 9.51. The maximum Gasteiger partial charge on any atom is 0.410 e. The zero-order chi connectivity index (χ0) is 19.2. The van der Waals surface area contributed by atoms with Gasteiger partial charge in [0.15, 0.2) is 0 Å². The molecule has 2 rings (SSSR count). The van der Waals surface area contributed by atoms with Gasteiger partial charge in [0, 0.05) is 25.4 Å². The van der Waals surface area contributed by atoms with Crippen LogP contribution >= 0.6 is 0 Å². The number of rotatable bonds is 5. The first-order chi connectivity index (χ1) is 12.3. The van der Waals surface area contributed by atoms with E-state index in [2.05, 4.69) is 25.1 Å². The maximum absolute atomic E-state index is 12.3. The first-order valence-electron chi connectivity index (χ1n) is 9.51. The second kappa shape index (κ2) is 9.02. The fourth-order valence-corrected chi connectivity index (χ4v) is 3.12. The van der Waals surface area contributed by atoms with Gasteiger partial charge in [-0.05, 0) is 45.6 Å². The van der Waals surface area contributed by atoms with Crippen LogP contribution in [0.2, 0.25) is 0 Å². The zero-order valence-electron chi connectivity index (χ0n) is 16.5. The number of nitrogens with zero attached hydrogens (tertiary/aromatic N) is 1. The Morgan fingerprint density at radius 3 is 2.58 bits per heavy atom. The van der Waals surface area contributed by atoms with Crippen LogP contribution in [0.15, 0.2) is 42.0 Å². The fourth-order valence-electron chi connectivity index (χ4n) is 3.12. The Bertz CT molecular complexity index is 643. The van der Waals surface area contributed by atoms with Gasteiger partial charge in [0.2, 0.25) is 0 Å². The molecular formula is C22H31NO3. The average molecular weight is 357 g/mol. The molecule has 0 spiro atoms. The zero-order valence-corrected chi connectivity index (χ0v) is 16.5. The molecule has 142 valence electrons. The Hall–Kier alpha value is -2.10. The van der Waals surface area contributed by atoms with Crippen LogP contribution in [0, 0.1) is 5.92 Å². The van der Waals surface area contributed by atoms with Crippen molar-refractivity contribution in [3.05, 3.63) is 47.5 Å². The lowest BCUT2D eigenvalue weighted by Crippen LogP contribution is -2.46. The molecule has 1 unspecified atom stereocenters. The highest BCUT2D eigenvalue weighted by atomic mass is 16.6. The summed E-state index contributed by atoms with van der Waals surface area (Å²) in [7, 11) is 0. The van der Waals surface area contributed by atoms with Crippen molar-refractivity contribution in [1.82, 2.24) is 4.90 Å². The Kier molecular flexibility index (Phi) is 7.01. The molecule has 4 heteroatoms. The summed E-state index contributed by atoms with van der Waals surface area (Å²) in [4.78, 5) is 26.3. The summed E-state index contributed by atoms with van der Waals surface area (Å²) in [6.07, 6.45) is 4.85. The van der Waals surface area contributed by atoms with Crippen molar-refractivity contribution in [2.45, 2.75) is 59.0 Å². The van der Waals surface area contributed by atoms with Gasteiger partial charge in [0.05, 0.1) is 0 Å². The van der Waals surface area contributed by atoms with Gasteiger partial charge in [-0.1, -0.05) is 48.9 Å². The van der Waals surface area contributed by atoms with Crippen LogP contribution in [0.3, 0.4) is 0 Å². The predicted molar refractivity (Wildman–Crippen MR) is 104 cm³/mol. The molecule has 1 fully saturated rings. The molecule has 1 aromatic rings. The first kappa shape index (κ1) is 20.2. The molecule has 0 saturated carbocycles. The SMILES string of the molecule is CC/C(=C\CC1CN(C(=O)OC(C)(C)C)CCC1=O)Cc1ccccc1. The van der Waals surface area contributed by atoms with Gasteiger partial charge in [0.1, 0.15) is 11.4 Å². The molecule has 1 amide bonds. The van der Waals surface area contributed by atoms with Crippen molar-refractivity contribution < 1.29 is 14.3 Å². The summed E-state index contributed by atoms with van der Waals surface area (Å²) in [6.45, 7) is 8.63. The van der Waals surface area contributed by atoms with Crippen molar-refractivity contribution in [2.75, 3.05) is 13.1 Å². The van der Waals surface area contributed by atoms with Crippen LogP contribution in [0.1, 0.15) is 52.5 Å². The third-order valence-corrected chi connectivity index (χ3v) is 4.60. The van der Waals surface area contributed by atoms with E-state index in [0.29, 0.717) is 25.9 Å². The van der Waals surface area contributed by atoms with E-state index in [1.54, 1.807) is 4.90 Å². The molecule has 1 aromatic carbocycles. The second-order valence-corrected chi connectivity index (χ2v) is 7.95. The monoisotopic (exact) mass is 357 g/mol. The number of allylic oxidation sites excluding steroid dienone is 2. The normalized spacial score (nSPS) is 18.8. The van der Waals surface area contributed by atoms with Gasteiger partial charge in [0.25, 0.3) is 0 Å². The highest BCUT2D eigenvalue weighted by Gasteiger charge is 2.31. The van der Waals surface area contributed by atoms with Gasteiger partial charge >= 0.3 is 6.09 Å². The van der Waals surface area contributed by atoms with Gasteiger partial charge in [-0.25, -0.2) is 4.79 Å². The van der Waals surface area contributed by atoms with Gasteiger partial charge in [-0.3, -0.25) is 4.79 Å². The van der Waals surface area contributed by atoms with Crippen LogP contribution in [0.25, 0.3) is 0 Å². The molecule has 0 N–H and O–H groups in total. The molecule has 26 heavy (non-hydrogen) atoms. The van der Waals surface area contributed by atoms with Crippen molar-refractivity contribution in [1.29, 1.82) is 0 Å². The topological polar surface area (TPSA) is 46.6 Å². The lowest BCUT2D eigenvalue weighted by atomic mass is 9.91. The minimum absolute atomic E-state index is 0.131. The van der Waals surface area contributed by atoms with Gasteiger partial charge in [-0.2, -0.15) is 0 Å². The number of ether oxygens (including phenoxy) is 1. The van der Waals surface area contributed by atoms with Crippen LogP contribution in [-0.4, -0.2) is 35.5 Å². The van der Waals surface area contributed by atoms with E-state index in [4.69, 9.17) is 4.74 Å². The Morgan fingerprint density at radius 1 is 1.27 bits per heavy atom. The van der Waals surface area contributed by atoms with Crippen LogP contribution < -0.4 is 0 Å². The predicted octanol–water partition coefficient (Wildman–Crippen LogP) is 4.78. The number of Topliss-reactive ketones (excluding diaryl/α,β-unsaturated/α-hetero) is 1. The van der Waals surface area contributed by atoms with E-state index in [1.807, 2.05) is 39.0 Å². The summed E-state index contributed by atoms with van der Waals surface area (Å²) < 4.78 is 5.45. The van der Waals surface area contributed by atoms with Crippen molar-refractivity contribution in [3.8, 4) is 0 Å². The standard InChI is InChI=1S/C22H31NO3/c1-5-17(15-18-9-7-6-8-10-18)11-12-19-16-23(14-13-20(19)24)21(25)26-22(2,3)4/h6-11,19H,5,12-16H2,1-4H3/b17-11+. The molecule has 1 aliphatic heterocycles. The Morgan fingerprint density at radius 2 is 1.96 bits per heavy atom. The summed E-state index contributed by atoms with van der Waals surface area (Å²) in [6, 6.07) is 10.4. The highest BCUT2D eigenvalue weighted by molar-refractivity contribution is 5.84. The smallest absolute Gasteiger partial charge is 0.410 e. The highest BCUT2D eigenvalue weighted by Crippen LogP contribution is 2.21. The minimum atomic E-state index is -0.515. The van der Waals surface area contributed by atoms with Crippen LogP contribution in [0.4, 0.5) is 4.79 Å². The van der Waals surface area contributed by atoms with E-state index in [0.717, 1.165) is 12.8 Å². The number of ketones is 1. The number of benzene rings is 1. The minimum Gasteiger partial charge on any atom is -0.444 e. The molecule has 1 heterocycles. The molecule has 1 aliphatic rings. The number of carbonyl (C=O) groups excluding carboxylic acids is 2. The summed E-state index contributed by atoms with van der Waals surface area (Å²) >= 11 is 0. The van der Waals surface area contributed by atoms with E-state index < -0.39 is 5.60 Å². The number of carbonyl (C=O) groups is 2. The third-order valence-electron chi connectivity index (χ3n) is 4.60. The molecule has 1 atom stereocenters. The molecule has 4 nitrogen and oxygen atoms in total. The number of piperidine rings is 1. The third kappa shape index (κ3) is 6.32. The number of hydrogen-bond donors (Lipinski definition) is 0. The van der Waals surface area contributed by atoms with Crippen molar-refractivity contribution in [2.24, 2.45) is 5.92 Å². The summed E-state index contributed by atoms with van der Waals surface area (Å²) in [5, 5.41) is 0. The Labute approximate surface area is 157 Å². The second-order valence-electron chi connectivity index (χ2n) is 7.95. The van der Waals surface area contributed by atoms with Crippen LogP contribution in [-0.2, 0) is 16.0 Å². The molecular weight excluding hydrogens is 326 g/mol. The largest absolute Gasteiger partial charge is 0.444 e. The maximum atomic E-state index is 12.3. The average Bonchev–Trinajstić information content (AvgIpc) is 2.59. The molecule has 0 aliphatic carbocycles. The van der Waals surface area contributed by atoms with E-state index >= 15 is 0 Å². The quantitative estimate of drug-likeness (QED) is 0.712. The van der Waals surface area contributed by atoms with Crippen LogP contribution in [0.5, 0.6) is 0 Å². The number of amides is 1. The van der Waals surface area contributed by atoms with Gasteiger partial charge in [-0.15, -0.1) is 0 Å².